The van der Waals surface area contributed by atoms with Crippen LogP contribution in [0, 0.1) is 6.13 Å². The molecule has 4 heavy (non-hydrogen) atoms. The fraction of sp³-hybridized carbons (Fsp3) is 0.500. The van der Waals surface area contributed by atoms with Crippen molar-refractivity contribution in [2.24, 2.45) is 0 Å². The normalized spacial score (nSPS) is 6.00. The Bertz CT molecular complexity index is 35.8. The summed E-state index contributed by atoms with van der Waals surface area (Å²) in [6, 6.07) is 0. The minimum absolute atomic E-state index is 0.748. The van der Waals surface area contributed by atoms with E-state index in [4.69, 9.17) is 6.13 Å². The molecular weight excluding hydrogens is 69.0 g/mol. The van der Waals surface area contributed by atoms with Gasteiger partial charge < -0.3 is 0 Å². The molecular formula is C2H5NP+. The number of rotatable bonds is 0. The maximum absolute atomic E-state index is 4.89. The van der Waals surface area contributed by atoms with E-state index in [1.165, 1.54) is 0 Å². The molecule has 0 spiro atoms. The third-order valence-corrected chi connectivity index (χ3v) is 0.387. The molecule has 0 radical (unpaired) electrons. The summed E-state index contributed by atoms with van der Waals surface area (Å²) in [7, 11) is 2.54. The molecule has 0 unspecified atom stereocenters. The third kappa shape index (κ3) is 2.17. The number of hydrogen-bond acceptors (Lipinski definition) is 1. The summed E-state index contributed by atoms with van der Waals surface area (Å²) in [5.41, 5.74) is 0. The van der Waals surface area contributed by atoms with Crippen LogP contribution in [0.1, 0.15) is 0 Å². The van der Waals surface area contributed by atoms with E-state index in [1.807, 2.05) is 0 Å². The van der Waals surface area contributed by atoms with Gasteiger partial charge in [-0.15, -0.1) is 0 Å². The summed E-state index contributed by atoms with van der Waals surface area (Å²) in [6.45, 7) is 0. The molecule has 0 aliphatic carbocycles. The Labute approximate surface area is 27.5 Å². The van der Waals surface area contributed by atoms with Crippen LogP contribution >= 0.6 is 8.19 Å². The van der Waals surface area contributed by atoms with Gasteiger partial charge in [-0.1, -0.05) is 0 Å². The topological polar surface area (TPSA) is 12.0 Å². The molecule has 0 saturated carbocycles. The van der Waals surface area contributed by atoms with Crippen LogP contribution < -0.4 is 5.09 Å². The summed E-state index contributed by atoms with van der Waals surface area (Å²) in [4.78, 5) is 0. The van der Waals surface area contributed by atoms with Crippen LogP contribution in [0.3, 0.4) is 0 Å². The zero-order chi connectivity index (χ0) is 3.41. The Hall–Kier alpha value is 0.170. The van der Waals surface area contributed by atoms with E-state index >= 15 is 0 Å². The van der Waals surface area contributed by atoms with Crippen molar-refractivity contribution >= 4 is 8.19 Å². The predicted octanol–water partition coefficient (Wildman–Crippen LogP) is 0.656. The van der Waals surface area contributed by atoms with E-state index in [9.17, 15) is 0 Å². The van der Waals surface area contributed by atoms with Gasteiger partial charge in [0.05, 0.1) is 0 Å². The van der Waals surface area contributed by atoms with Crippen molar-refractivity contribution in [3.63, 3.8) is 0 Å². The molecule has 1 nitrogen and oxygen atoms in total. The van der Waals surface area contributed by atoms with Crippen molar-refractivity contribution in [1.29, 1.82) is 0 Å². The Morgan fingerprint density at radius 3 is 2.25 bits per heavy atom. The molecule has 0 aliphatic heterocycles. The van der Waals surface area contributed by atoms with Gasteiger partial charge in [0.2, 0.25) is 0 Å². The molecule has 1 N–H and O–H groups in total. The van der Waals surface area contributed by atoms with Gasteiger partial charge in [0, 0.05) is 0 Å². The van der Waals surface area contributed by atoms with Gasteiger partial charge in [0.15, 0.2) is 0 Å². The Morgan fingerprint density at radius 1 is 2.00 bits per heavy atom. The van der Waals surface area contributed by atoms with Crippen LogP contribution in [0.15, 0.2) is 0 Å². The van der Waals surface area contributed by atoms with Crippen LogP contribution in [0.25, 0.3) is 0 Å². The molecule has 0 atom stereocenters. The zero-order valence-corrected chi connectivity index (χ0v) is 3.42. The molecule has 22 valence electrons. The van der Waals surface area contributed by atoms with Crippen molar-refractivity contribution in [2.45, 2.75) is 0 Å². The van der Waals surface area contributed by atoms with Crippen molar-refractivity contribution < 1.29 is 0 Å². The van der Waals surface area contributed by atoms with E-state index in [0.29, 0.717) is 0 Å². The molecule has 0 aliphatic rings. The second-order valence-electron chi connectivity index (χ2n) is 0.353. The van der Waals surface area contributed by atoms with Crippen LogP contribution in [-0.4, -0.2) is 7.05 Å². The zero-order valence-electron chi connectivity index (χ0n) is 2.52. The standard InChI is InChI=1S/C2H5NP/c1-3-4-2/h2-3H,1H3/q+1. The van der Waals surface area contributed by atoms with Crippen molar-refractivity contribution in [3.8, 4) is 6.13 Å². The van der Waals surface area contributed by atoms with E-state index in [2.05, 4.69) is 5.09 Å². The molecule has 0 amide bonds. The van der Waals surface area contributed by atoms with E-state index in [0.717, 1.165) is 8.19 Å². The number of hydrogen-bond donors (Lipinski definition) is 1. The summed E-state index contributed by atoms with van der Waals surface area (Å²) < 4.78 is 0. The first kappa shape index (κ1) is 4.17. The van der Waals surface area contributed by atoms with Gasteiger partial charge in [0.25, 0.3) is 0 Å². The predicted molar refractivity (Wildman–Crippen MR) is 20.9 cm³/mol. The molecule has 0 aromatic heterocycles. The summed E-state index contributed by atoms with van der Waals surface area (Å²) >= 11 is 0. The molecule has 0 bridgehead atoms. The molecule has 0 aromatic rings. The van der Waals surface area contributed by atoms with Gasteiger partial charge in [-0.2, -0.15) is 0 Å². The first-order valence-electron chi connectivity index (χ1n) is 0.982. The molecule has 0 rings (SSSR count). The molecule has 0 fully saturated rings. The first-order chi connectivity index (χ1) is 1.91. The van der Waals surface area contributed by atoms with Gasteiger partial charge >= 0.3 is 26.5 Å². The van der Waals surface area contributed by atoms with Crippen LogP contribution in [0.5, 0.6) is 0 Å². The van der Waals surface area contributed by atoms with Crippen molar-refractivity contribution in [1.82, 2.24) is 5.09 Å². The van der Waals surface area contributed by atoms with E-state index in [-0.39, 0.29) is 0 Å². The maximum atomic E-state index is 4.89. The van der Waals surface area contributed by atoms with E-state index < -0.39 is 0 Å². The van der Waals surface area contributed by atoms with Gasteiger partial charge in [-0.05, 0) is 0 Å². The molecule has 0 saturated heterocycles. The molecule has 0 aromatic carbocycles. The van der Waals surface area contributed by atoms with Crippen LogP contribution in [0.4, 0.5) is 0 Å². The fourth-order valence-corrected chi connectivity index (χ4v) is 0. The molecule has 2 heteroatoms. The summed E-state index contributed by atoms with van der Waals surface area (Å²) in [5, 5.41) is 2.68. The van der Waals surface area contributed by atoms with Crippen LogP contribution in [-0.2, 0) is 0 Å². The average Bonchev–Trinajstić information content (AvgIpc) is 1.37. The monoisotopic (exact) mass is 74.0 g/mol. The number of nitrogens with one attached hydrogen (secondary N) is 1. The van der Waals surface area contributed by atoms with Gasteiger partial charge in [-0.3, -0.25) is 0 Å². The average molecular weight is 74.0 g/mol. The van der Waals surface area contributed by atoms with Crippen molar-refractivity contribution in [2.75, 3.05) is 7.05 Å². The Morgan fingerprint density at radius 2 is 2.25 bits per heavy atom. The Balaban J connectivity index is 2.43. The fourth-order valence-electron chi connectivity index (χ4n) is 0. The quantitative estimate of drug-likeness (QED) is 0.416. The molecule has 0 heterocycles. The third-order valence-electron chi connectivity index (χ3n) is 0.129. The Kier molecular flexibility index (Phi) is 3.30. The van der Waals surface area contributed by atoms with E-state index in [1.54, 1.807) is 7.05 Å². The summed E-state index contributed by atoms with van der Waals surface area (Å²) in [6.07, 6.45) is 4.89. The minimum atomic E-state index is 0.748. The van der Waals surface area contributed by atoms with Crippen LogP contribution in [0.2, 0.25) is 0 Å². The second-order valence-corrected chi connectivity index (χ2v) is 1.06. The first-order valence-corrected chi connectivity index (χ1v) is 1.95. The van der Waals surface area contributed by atoms with Gasteiger partial charge in [0.1, 0.15) is 0 Å². The van der Waals surface area contributed by atoms with Crippen molar-refractivity contribution in [3.05, 3.63) is 0 Å². The second kappa shape index (κ2) is 3.17. The summed E-state index contributed by atoms with van der Waals surface area (Å²) in [5.74, 6) is 0. The SMILES string of the molecule is C#[P+]NC. The van der Waals surface area contributed by atoms with Gasteiger partial charge in [-0.25, -0.2) is 0 Å².